The van der Waals surface area contributed by atoms with Gasteiger partial charge >= 0.3 is 0 Å². The van der Waals surface area contributed by atoms with Crippen LogP contribution in [0.1, 0.15) is 24.5 Å². The van der Waals surface area contributed by atoms with Crippen LogP contribution in [0.5, 0.6) is 5.75 Å². The van der Waals surface area contributed by atoms with Crippen molar-refractivity contribution in [3.05, 3.63) is 65.7 Å². The van der Waals surface area contributed by atoms with Crippen LogP contribution < -0.4 is 4.74 Å². The van der Waals surface area contributed by atoms with Crippen molar-refractivity contribution < 1.29 is 9.84 Å². The molecule has 1 N–H and O–H groups in total. The maximum atomic E-state index is 10.3. The molecule has 1 aliphatic heterocycles. The van der Waals surface area contributed by atoms with Gasteiger partial charge in [-0.1, -0.05) is 55.8 Å². The summed E-state index contributed by atoms with van der Waals surface area (Å²) in [5.74, 6) is 0.835. The van der Waals surface area contributed by atoms with Gasteiger partial charge in [0.15, 0.2) is 0 Å². The smallest absolute Gasteiger partial charge is 0.119 e. The van der Waals surface area contributed by atoms with E-state index in [-0.39, 0.29) is 0 Å². The number of benzene rings is 2. The van der Waals surface area contributed by atoms with Gasteiger partial charge in [0.1, 0.15) is 18.5 Å². The molecule has 2 aromatic rings. The van der Waals surface area contributed by atoms with Crippen molar-refractivity contribution >= 4 is 0 Å². The average Bonchev–Trinajstić information content (AvgIpc) is 2.70. The van der Waals surface area contributed by atoms with Gasteiger partial charge < -0.3 is 9.84 Å². The van der Waals surface area contributed by atoms with Crippen molar-refractivity contribution in [3.63, 3.8) is 0 Å². The van der Waals surface area contributed by atoms with Crippen LogP contribution in [0.2, 0.25) is 0 Å². The largest absolute Gasteiger partial charge is 0.491 e. The topological polar surface area (TPSA) is 35.9 Å². The van der Waals surface area contributed by atoms with Gasteiger partial charge in [0, 0.05) is 39.3 Å². The van der Waals surface area contributed by atoms with Gasteiger partial charge in [-0.2, -0.15) is 0 Å². The molecule has 0 unspecified atom stereocenters. The molecule has 146 valence electrons. The molecule has 1 saturated heterocycles. The standard InChI is InChI=1S/C23H32N2O2/c1-2-6-20-9-11-23(12-10-20)27-19-22(26)18-25-15-13-24(14-16-25)17-21-7-4-3-5-8-21/h3-5,7-12,22,26H,2,6,13-19H2,1H3/t22-/m0/s1. The summed E-state index contributed by atoms with van der Waals surface area (Å²) in [6.07, 6.45) is 1.79. The molecule has 4 heteroatoms. The van der Waals surface area contributed by atoms with Crippen LogP contribution in [-0.4, -0.2) is 60.3 Å². The monoisotopic (exact) mass is 368 g/mol. The van der Waals surface area contributed by atoms with Crippen molar-refractivity contribution in [1.82, 2.24) is 9.80 Å². The van der Waals surface area contributed by atoms with Crippen LogP contribution in [0.3, 0.4) is 0 Å². The van der Waals surface area contributed by atoms with Crippen molar-refractivity contribution in [3.8, 4) is 5.75 Å². The Balaban J connectivity index is 1.34. The van der Waals surface area contributed by atoms with Gasteiger partial charge in [0.2, 0.25) is 0 Å². The third-order valence-corrected chi connectivity index (χ3v) is 5.09. The minimum absolute atomic E-state index is 0.345. The van der Waals surface area contributed by atoms with Gasteiger partial charge in [0.25, 0.3) is 0 Å². The Kier molecular flexibility index (Phi) is 7.69. The van der Waals surface area contributed by atoms with Crippen LogP contribution >= 0.6 is 0 Å². The summed E-state index contributed by atoms with van der Waals surface area (Å²) >= 11 is 0. The molecule has 0 radical (unpaired) electrons. The quantitative estimate of drug-likeness (QED) is 0.737. The molecule has 0 saturated carbocycles. The number of ether oxygens (including phenoxy) is 1. The van der Waals surface area contributed by atoms with Crippen LogP contribution in [0.15, 0.2) is 54.6 Å². The Bertz CT molecular complexity index is 652. The number of aliphatic hydroxyl groups excluding tert-OH is 1. The molecule has 2 aromatic carbocycles. The maximum absolute atomic E-state index is 10.3. The lowest BCUT2D eigenvalue weighted by Gasteiger charge is -2.35. The third kappa shape index (κ3) is 6.65. The molecule has 1 aliphatic rings. The second-order valence-corrected chi connectivity index (χ2v) is 7.42. The summed E-state index contributed by atoms with van der Waals surface area (Å²) in [5.41, 5.74) is 2.70. The number of nitrogens with zero attached hydrogens (tertiary/aromatic N) is 2. The van der Waals surface area contributed by atoms with E-state index in [4.69, 9.17) is 4.74 Å². The highest BCUT2D eigenvalue weighted by Gasteiger charge is 2.19. The predicted molar refractivity (Wildman–Crippen MR) is 110 cm³/mol. The summed E-state index contributed by atoms with van der Waals surface area (Å²) in [6, 6.07) is 18.8. The zero-order chi connectivity index (χ0) is 18.9. The third-order valence-electron chi connectivity index (χ3n) is 5.09. The second-order valence-electron chi connectivity index (χ2n) is 7.42. The Morgan fingerprint density at radius 1 is 0.889 bits per heavy atom. The number of hydrogen-bond acceptors (Lipinski definition) is 4. The highest BCUT2D eigenvalue weighted by atomic mass is 16.5. The summed E-state index contributed by atoms with van der Waals surface area (Å²) in [6.45, 7) is 8.29. The summed E-state index contributed by atoms with van der Waals surface area (Å²) in [4.78, 5) is 4.81. The summed E-state index contributed by atoms with van der Waals surface area (Å²) in [5, 5.41) is 10.3. The minimum atomic E-state index is -0.457. The van der Waals surface area contributed by atoms with Crippen molar-refractivity contribution in [1.29, 1.82) is 0 Å². The van der Waals surface area contributed by atoms with Gasteiger partial charge in [-0.05, 0) is 29.7 Å². The van der Waals surface area contributed by atoms with E-state index >= 15 is 0 Å². The minimum Gasteiger partial charge on any atom is -0.491 e. The number of β-amino-alcohol motifs (C(OH)–C–C–N with tert-alkyl or cyclic N) is 1. The van der Waals surface area contributed by atoms with Crippen molar-refractivity contribution in [2.75, 3.05) is 39.3 Å². The molecule has 0 bridgehead atoms. The molecule has 0 aliphatic carbocycles. The predicted octanol–water partition coefficient (Wildman–Crippen LogP) is 3.20. The van der Waals surface area contributed by atoms with E-state index in [1.54, 1.807) is 0 Å². The van der Waals surface area contributed by atoms with Crippen LogP contribution in [0.25, 0.3) is 0 Å². The second kappa shape index (κ2) is 10.5. The zero-order valence-corrected chi connectivity index (χ0v) is 16.4. The van der Waals surface area contributed by atoms with E-state index in [1.807, 2.05) is 12.1 Å². The van der Waals surface area contributed by atoms with Crippen molar-refractivity contribution in [2.24, 2.45) is 0 Å². The van der Waals surface area contributed by atoms with E-state index in [2.05, 4.69) is 59.2 Å². The van der Waals surface area contributed by atoms with E-state index in [0.717, 1.165) is 51.3 Å². The van der Waals surface area contributed by atoms with Crippen LogP contribution in [-0.2, 0) is 13.0 Å². The normalized spacial score (nSPS) is 17.0. The Labute approximate surface area is 163 Å². The Morgan fingerprint density at radius 2 is 1.56 bits per heavy atom. The first-order valence-electron chi connectivity index (χ1n) is 10.1. The fourth-order valence-electron chi connectivity index (χ4n) is 3.56. The molecule has 27 heavy (non-hydrogen) atoms. The highest BCUT2D eigenvalue weighted by molar-refractivity contribution is 5.27. The maximum Gasteiger partial charge on any atom is 0.119 e. The van der Waals surface area contributed by atoms with Gasteiger partial charge in [0.05, 0.1) is 0 Å². The fraction of sp³-hybridized carbons (Fsp3) is 0.478. The summed E-state index contributed by atoms with van der Waals surface area (Å²) in [7, 11) is 0. The first kappa shape index (κ1) is 19.9. The lowest BCUT2D eigenvalue weighted by atomic mass is 10.1. The molecule has 3 rings (SSSR count). The molecular weight excluding hydrogens is 336 g/mol. The van der Waals surface area contributed by atoms with Gasteiger partial charge in [-0.15, -0.1) is 0 Å². The molecule has 0 aromatic heterocycles. The van der Waals surface area contributed by atoms with Crippen molar-refractivity contribution in [2.45, 2.75) is 32.4 Å². The molecule has 4 nitrogen and oxygen atoms in total. The lowest BCUT2D eigenvalue weighted by Crippen LogP contribution is -2.48. The Hall–Kier alpha value is -1.88. The molecule has 0 amide bonds. The van der Waals surface area contributed by atoms with E-state index in [0.29, 0.717) is 13.2 Å². The average molecular weight is 369 g/mol. The highest BCUT2D eigenvalue weighted by Crippen LogP contribution is 2.14. The molecule has 0 spiro atoms. The number of hydrogen-bond donors (Lipinski definition) is 1. The lowest BCUT2D eigenvalue weighted by molar-refractivity contribution is 0.0446. The fourth-order valence-corrected chi connectivity index (χ4v) is 3.56. The first-order valence-corrected chi connectivity index (χ1v) is 10.1. The summed E-state index contributed by atoms with van der Waals surface area (Å²) < 4.78 is 5.76. The number of piperazine rings is 1. The van der Waals surface area contributed by atoms with E-state index < -0.39 is 6.10 Å². The van der Waals surface area contributed by atoms with Crippen LogP contribution in [0.4, 0.5) is 0 Å². The number of aryl methyl sites for hydroxylation is 1. The Morgan fingerprint density at radius 3 is 2.22 bits per heavy atom. The zero-order valence-electron chi connectivity index (χ0n) is 16.4. The molecule has 1 heterocycles. The molecular formula is C23H32N2O2. The SMILES string of the molecule is CCCc1ccc(OC[C@@H](O)CN2CCN(Cc3ccccc3)CC2)cc1. The first-order chi connectivity index (χ1) is 13.2. The van der Waals surface area contributed by atoms with E-state index in [1.165, 1.54) is 11.1 Å². The van der Waals surface area contributed by atoms with Gasteiger partial charge in [-0.3, -0.25) is 9.80 Å². The number of aliphatic hydroxyl groups is 1. The molecule has 1 fully saturated rings. The number of rotatable bonds is 9. The van der Waals surface area contributed by atoms with Gasteiger partial charge in [-0.25, -0.2) is 0 Å². The molecule has 1 atom stereocenters. The van der Waals surface area contributed by atoms with Crippen LogP contribution in [0, 0.1) is 0 Å². The van der Waals surface area contributed by atoms with E-state index in [9.17, 15) is 5.11 Å².